The molecule has 0 aromatic heterocycles. The summed E-state index contributed by atoms with van der Waals surface area (Å²) in [6, 6.07) is 0. The van der Waals surface area contributed by atoms with E-state index in [1.54, 1.807) is 0 Å². The molecule has 42 valence electrons. The second-order valence-corrected chi connectivity index (χ2v) is 0.224. The first kappa shape index (κ1) is 16.9. The van der Waals surface area contributed by atoms with Crippen molar-refractivity contribution in [2.24, 2.45) is 0 Å². The molecule has 0 atom stereocenters. The second-order valence-electron chi connectivity index (χ2n) is 0.224. The van der Waals surface area contributed by atoms with Crippen molar-refractivity contribution < 1.29 is 26.2 Å². The Hall–Kier alpha value is -0.152. The SMILES string of the molecule is O=[N+]([O-])[O-].[NH4+].[Pt]. The quantitative estimate of drug-likeness (QED) is 0.502. The number of nitrogens with zero attached hydrogens (tertiary/aromatic N) is 1. The van der Waals surface area contributed by atoms with Gasteiger partial charge < -0.3 is 21.5 Å². The summed E-state index contributed by atoms with van der Waals surface area (Å²) in [6.45, 7) is 0. The molecule has 4 N–H and O–H groups in total. The predicted molar refractivity (Wildman–Crippen MR) is 16.3 cm³/mol. The summed E-state index contributed by atoms with van der Waals surface area (Å²) in [5.74, 6) is 0. The Morgan fingerprint density at radius 2 is 1.33 bits per heavy atom. The maximum absolute atomic E-state index is 8.25. The fourth-order valence-corrected chi connectivity index (χ4v) is 0. The molecule has 0 rings (SSSR count). The summed E-state index contributed by atoms with van der Waals surface area (Å²) in [7, 11) is 0. The molecule has 0 amide bonds. The van der Waals surface area contributed by atoms with Crippen molar-refractivity contribution >= 4 is 0 Å². The van der Waals surface area contributed by atoms with Gasteiger partial charge in [0.05, 0.1) is 5.09 Å². The summed E-state index contributed by atoms with van der Waals surface area (Å²) < 4.78 is 0. The van der Waals surface area contributed by atoms with Crippen molar-refractivity contribution in [2.75, 3.05) is 0 Å². The number of rotatable bonds is 0. The normalized spacial score (nSPS) is 4.00. The third-order valence-electron chi connectivity index (χ3n) is 0. The van der Waals surface area contributed by atoms with Crippen LogP contribution in [0.15, 0.2) is 0 Å². The predicted octanol–water partition coefficient (Wildman–Crippen LogP) is 0.135. The molecule has 6 heavy (non-hydrogen) atoms. The van der Waals surface area contributed by atoms with Gasteiger partial charge in [-0.3, -0.25) is 0 Å². The van der Waals surface area contributed by atoms with Crippen molar-refractivity contribution in [1.29, 1.82) is 0 Å². The summed E-state index contributed by atoms with van der Waals surface area (Å²) in [4.78, 5) is 8.25. The van der Waals surface area contributed by atoms with Crippen molar-refractivity contribution in [3.63, 3.8) is 0 Å². The van der Waals surface area contributed by atoms with E-state index in [-0.39, 0.29) is 27.2 Å². The Kier molecular flexibility index (Phi) is 25.0. The maximum atomic E-state index is 8.25. The van der Waals surface area contributed by atoms with Gasteiger partial charge in [-0.1, -0.05) is 0 Å². The Labute approximate surface area is 48.3 Å². The minimum Gasteiger partial charge on any atom is -0.369 e. The van der Waals surface area contributed by atoms with Gasteiger partial charge in [0, 0.05) is 21.1 Å². The van der Waals surface area contributed by atoms with Crippen LogP contribution >= 0.6 is 0 Å². The molecule has 0 saturated carbocycles. The monoisotopic (exact) mass is 275 g/mol. The van der Waals surface area contributed by atoms with Crippen molar-refractivity contribution in [1.82, 2.24) is 6.15 Å². The van der Waals surface area contributed by atoms with Gasteiger partial charge in [-0.15, -0.1) is 0 Å². The number of quaternary nitrogens is 1. The molecule has 0 aromatic carbocycles. The van der Waals surface area contributed by atoms with Crippen LogP contribution in [0.1, 0.15) is 0 Å². The molecule has 0 radical (unpaired) electrons. The van der Waals surface area contributed by atoms with Crippen LogP contribution in [0.2, 0.25) is 0 Å². The summed E-state index contributed by atoms with van der Waals surface area (Å²) in [5.41, 5.74) is 0. The number of hydrogen-bond donors (Lipinski definition) is 1. The third-order valence-corrected chi connectivity index (χ3v) is 0. The Morgan fingerprint density at radius 1 is 1.33 bits per heavy atom. The van der Waals surface area contributed by atoms with Crippen molar-refractivity contribution in [3.8, 4) is 0 Å². The van der Waals surface area contributed by atoms with Crippen molar-refractivity contribution in [3.05, 3.63) is 15.3 Å². The van der Waals surface area contributed by atoms with E-state index in [0.717, 1.165) is 0 Å². The van der Waals surface area contributed by atoms with Crippen LogP contribution in [0.5, 0.6) is 0 Å². The Balaban J connectivity index is -0.0000000450. The molecule has 0 aliphatic heterocycles. The molecule has 6 heteroatoms. The average Bonchev–Trinajstić information content (AvgIpc) is 0.811. The number of hydrogen-bond acceptors (Lipinski definition) is 3. The molecule has 0 unspecified atom stereocenters. The largest absolute Gasteiger partial charge is 0.369 e. The Morgan fingerprint density at radius 3 is 1.33 bits per heavy atom. The summed E-state index contributed by atoms with van der Waals surface area (Å²) in [6.07, 6.45) is 0. The van der Waals surface area contributed by atoms with Gasteiger partial charge in [-0.25, -0.2) is 0 Å². The van der Waals surface area contributed by atoms with Crippen molar-refractivity contribution in [2.45, 2.75) is 0 Å². The van der Waals surface area contributed by atoms with Gasteiger partial charge in [-0.2, -0.15) is 0 Å². The van der Waals surface area contributed by atoms with Crippen LogP contribution in [0.3, 0.4) is 0 Å². The minimum absolute atomic E-state index is 0. The minimum atomic E-state index is -1.75. The van der Waals surface area contributed by atoms with E-state index in [1.807, 2.05) is 0 Å². The molecule has 0 fully saturated rings. The van der Waals surface area contributed by atoms with E-state index in [1.165, 1.54) is 0 Å². The standard InChI is InChI=1S/NO3.H3N.Pt/c2-1(3)4;;/h;1H3;/q-1;;/p+1. The van der Waals surface area contributed by atoms with E-state index in [4.69, 9.17) is 15.3 Å². The van der Waals surface area contributed by atoms with Gasteiger partial charge in [-0.05, 0) is 0 Å². The third kappa shape index (κ3) is 1360. The van der Waals surface area contributed by atoms with Crippen LogP contribution in [0.4, 0.5) is 0 Å². The van der Waals surface area contributed by atoms with E-state index in [9.17, 15) is 0 Å². The molecule has 0 aliphatic rings. The summed E-state index contributed by atoms with van der Waals surface area (Å²) >= 11 is 0. The van der Waals surface area contributed by atoms with Gasteiger partial charge >= 0.3 is 0 Å². The zero-order chi connectivity index (χ0) is 3.58. The van der Waals surface area contributed by atoms with E-state index in [2.05, 4.69) is 0 Å². The van der Waals surface area contributed by atoms with Gasteiger partial charge in [0.15, 0.2) is 0 Å². The first-order chi connectivity index (χ1) is 1.73. The van der Waals surface area contributed by atoms with Crippen LogP contribution in [0.25, 0.3) is 0 Å². The smallest absolute Gasteiger partial charge is 0.0689 e. The first-order valence-electron chi connectivity index (χ1n) is 0.548. The molecule has 0 bridgehead atoms. The first-order valence-corrected chi connectivity index (χ1v) is 0.548. The Bertz CT molecular complexity index is 31.8. The van der Waals surface area contributed by atoms with Crippen LogP contribution in [-0.2, 0) is 21.1 Å². The van der Waals surface area contributed by atoms with Crippen LogP contribution in [0, 0.1) is 15.3 Å². The van der Waals surface area contributed by atoms with Crippen LogP contribution in [-0.4, -0.2) is 5.09 Å². The van der Waals surface area contributed by atoms with Crippen LogP contribution < -0.4 is 6.15 Å². The van der Waals surface area contributed by atoms with E-state index >= 15 is 0 Å². The molecule has 5 nitrogen and oxygen atoms in total. The van der Waals surface area contributed by atoms with E-state index in [0.29, 0.717) is 0 Å². The van der Waals surface area contributed by atoms with E-state index < -0.39 is 5.09 Å². The van der Waals surface area contributed by atoms with Gasteiger partial charge in [0.2, 0.25) is 0 Å². The molecular weight excluding hydrogens is 271 g/mol. The fraction of sp³-hybridized carbons (Fsp3) is 0. The van der Waals surface area contributed by atoms with Gasteiger partial charge in [0.1, 0.15) is 0 Å². The maximum Gasteiger partial charge on any atom is 0.0689 e. The second kappa shape index (κ2) is 8.85. The zero-order valence-corrected chi connectivity index (χ0v) is 5.26. The average molecular weight is 275 g/mol. The molecule has 0 heterocycles. The zero-order valence-electron chi connectivity index (χ0n) is 2.99. The van der Waals surface area contributed by atoms with Gasteiger partial charge in [0.25, 0.3) is 0 Å². The fourth-order valence-electron chi connectivity index (χ4n) is 0. The molecule has 0 aliphatic carbocycles. The molecule has 0 saturated heterocycles. The molecular formula is H4N2O3Pt. The molecule has 0 aromatic rings. The topological polar surface area (TPSA) is 103 Å². The molecule has 0 spiro atoms. The summed E-state index contributed by atoms with van der Waals surface area (Å²) in [5, 5.41) is 14.8.